The molecule has 0 amide bonds. The minimum Gasteiger partial charge on any atom is -0.501 e. The molecule has 0 spiro atoms. The Hall–Kier alpha value is -8.26. The summed E-state index contributed by atoms with van der Waals surface area (Å²) in [5.74, 6) is 0.552. The quantitative estimate of drug-likeness (QED) is 0.112. The van der Waals surface area contributed by atoms with E-state index in [9.17, 15) is 10.5 Å². The zero-order valence-corrected chi connectivity index (χ0v) is 43.5. The number of aryl methyl sites for hydroxylation is 3. The molecule has 11 aromatic rings. The molecule has 8 heteroatoms. The zero-order chi connectivity index (χ0) is 49.3. The second-order valence-corrected chi connectivity index (χ2v) is 18.6. The van der Waals surface area contributed by atoms with E-state index in [1.165, 1.54) is 38.8 Å². The van der Waals surface area contributed by atoms with Gasteiger partial charge >= 0.3 is 0 Å². The van der Waals surface area contributed by atoms with Crippen molar-refractivity contribution in [3.63, 3.8) is 0 Å². The van der Waals surface area contributed by atoms with Gasteiger partial charge in [0.1, 0.15) is 5.58 Å². The standard InChI is InChI=1S/C37H29N3.C27H20N3O.Ir/c1-24(2)33-18-31(28-12-6-5-7-13-28)19-34(25(3)4)37(33)32-20-35(29-14-8-10-26(16-29)22-38)40-36(21-32)30-15-9-11-27(17-30)23-39;1-17-10-25(28-15-18(17)2)24-14-21(30-9-8-29(3)16-30)13-23-22-11-19-6-4-5-7-20(19)12-26(22)31-27(23)24;/h5-13,16-21,24-25H,1-4H3;4-13,15H,1-3H3;/q-2;-1;. The molecule has 4 aromatic heterocycles. The number of aromatic nitrogens is 4. The largest absolute Gasteiger partial charge is 0.501 e. The fraction of sp³-hybridized carbons (Fsp3) is 0.141. The Morgan fingerprint density at radius 2 is 1.25 bits per heavy atom. The van der Waals surface area contributed by atoms with Crippen molar-refractivity contribution in [2.24, 2.45) is 7.05 Å². The molecule has 0 saturated carbocycles. The molecule has 72 heavy (non-hydrogen) atoms. The Balaban J connectivity index is 0.000000180. The molecular weight excluding hydrogens is 1060 g/mol. The molecule has 0 bridgehead atoms. The van der Waals surface area contributed by atoms with Crippen LogP contribution in [0, 0.1) is 61.0 Å². The number of hydrogen-bond acceptors (Lipinski definition) is 5. The third-order valence-corrected chi connectivity index (χ3v) is 13.0. The molecule has 353 valence electrons. The van der Waals surface area contributed by atoms with Gasteiger partial charge in [-0.3, -0.25) is 0 Å². The predicted octanol–water partition coefficient (Wildman–Crippen LogP) is 15.0. The molecule has 0 atom stereocenters. The van der Waals surface area contributed by atoms with Gasteiger partial charge in [0.15, 0.2) is 0 Å². The van der Waals surface area contributed by atoms with E-state index in [0.29, 0.717) is 11.1 Å². The molecule has 0 saturated heterocycles. The number of imidazole rings is 1. The predicted molar refractivity (Wildman–Crippen MR) is 283 cm³/mol. The van der Waals surface area contributed by atoms with Gasteiger partial charge in [0.2, 0.25) is 6.33 Å². The fourth-order valence-electron chi connectivity index (χ4n) is 9.14. The molecule has 7 aromatic carbocycles. The molecule has 4 heterocycles. The first-order valence-electron chi connectivity index (χ1n) is 23.8. The SMILES string of the molecule is CC(C)c1cc(-c2ccccc2)cc(C(C)C)c1-c1cc(-c2[c-]ccc(C#N)c2)nc(-c2[c-]ccc(C#N)c2)c1.Cc1cnc(-c2[c-]c(-n3[c-][n+](C)cc3)cc3c2oc2cc4ccccc4cc23)cc1C.[Ir]. The van der Waals surface area contributed by atoms with Crippen molar-refractivity contribution in [2.75, 3.05) is 0 Å². The number of fused-ring (bicyclic) bond motifs is 4. The van der Waals surface area contributed by atoms with Crippen molar-refractivity contribution < 1.29 is 29.1 Å². The topological polar surface area (TPSA) is 95.3 Å². The molecule has 0 unspecified atom stereocenters. The van der Waals surface area contributed by atoms with Crippen LogP contribution >= 0.6 is 0 Å². The Bertz CT molecular complexity index is 3800. The molecule has 0 aliphatic carbocycles. The molecular formula is C64H49IrN6O-3. The van der Waals surface area contributed by atoms with E-state index in [2.05, 4.69) is 175 Å². The van der Waals surface area contributed by atoms with Crippen molar-refractivity contribution in [3.8, 4) is 73.9 Å². The van der Waals surface area contributed by atoms with Crippen LogP contribution in [0.1, 0.15) is 72.9 Å². The number of nitrogens with zero attached hydrogens (tertiary/aromatic N) is 6. The van der Waals surface area contributed by atoms with Crippen LogP contribution < -0.4 is 4.57 Å². The summed E-state index contributed by atoms with van der Waals surface area (Å²) >= 11 is 0. The van der Waals surface area contributed by atoms with Crippen molar-refractivity contribution in [2.45, 2.75) is 53.4 Å². The second-order valence-electron chi connectivity index (χ2n) is 18.6. The molecule has 0 fully saturated rings. The average molecular weight is 1110 g/mol. The summed E-state index contributed by atoms with van der Waals surface area (Å²) in [6, 6.07) is 61.4. The van der Waals surface area contributed by atoms with Crippen LogP contribution in [0.4, 0.5) is 0 Å². The fourth-order valence-corrected chi connectivity index (χ4v) is 9.14. The summed E-state index contributed by atoms with van der Waals surface area (Å²) in [4.78, 5) is 9.69. The Morgan fingerprint density at radius 3 is 1.82 bits per heavy atom. The summed E-state index contributed by atoms with van der Waals surface area (Å²) in [6.45, 7) is 13.1. The van der Waals surface area contributed by atoms with Crippen LogP contribution in [0.15, 0.2) is 163 Å². The minimum absolute atomic E-state index is 0. The number of furan rings is 1. The first kappa shape index (κ1) is 48.7. The first-order chi connectivity index (χ1) is 34.4. The number of nitriles is 2. The molecule has 0 aliphatic rings. The maximum Gasteiger partial charge on any atom is 0.241 e. The van der Waals surface area contributed by atoms with Crippen LogP contribution in [-0.2, 0) is 27.2 Å². The normalized spacial score (nSPS) is 11.1. The zero-order valence-electron chi connectivity index (χ0n) is 41.1. The van der Waals surface area contributed by atoms with Gasteiger partial charge in [-0.25, -0.2) is 0 Å². The first-order valence-corrected chi connectivity index (χ1v) is 23.8. The number of benzene rings is 7. The Labute approximate surface area is 434 Å². The van der Waals surface area contributed by atoms with E-state index in [0.717, 1.165) is 77.9 Å². The van der Waals surface area contributed by atoms with Crippen LogP contribution in [0.25, 0.3) is 94.4 Å². The van der Waals surface area contributed by atoms with E-state index >= 15 is 0 Å². The van der Waals surface area contributed by atoms with Gasteiger partial charge in [-0.1, -0.05) is 129 Å². The minimum atomic E-state index is 0. The Kier molecular flexibility index (Phi) is 13.9. The van der Waals surface area contributed by atoms with Crippen LogP contribution in [-0.4, -0.2) is 14.5 Å². The van der Waals surface area contributed by atoms with E-state index in [1.54, 1.807) is 24.3 Å². The van der Waals surface area contributed by atoms with Gasteiger partial charge in [-0.2, -0.15) is 10.5 Å². The Morgan fingerprint density at radius 1 is 0.639 bits per heavy atom. The van der Waals surface area contributed by atoms with Crippen LogP contribution in [0.3, 0.4) is 0 Å². The number of rotatable bonds is 8. The van der Waals surface area contributed by atoms with E-state index in [4.69, 9.17) is 14.4 Å². The van der Waals surface area contributed by atoms with Crippen LogP contribution in [0.2, 0.25) is 0 Å². The summed E-state index contributed by atoms with van der Waals surface area (Å²) in [5, 5.41) is 23.5. The van der Waals surface area contributed by atoms with E-state index in [-0.39, 0.29) is 31.9 Å². The van der Waals surface area contributed by atoms with Crippen molar-refractivity contribution in [1.82, 2.24) is 14.5 Å². The van der Waals surface area contributed by atoms with Gasteiger partial charge in [0, 0.05) is 44.1 Å². The summed E-state index contributed by atoms with van der Waals surface area (Å²) < 4.78 is 10.3. The van der Waals surface area contributed by atoms with Crippen LogP contribution in [0.5, 0.6) is 0 Å². The third kappa shape index (κ3) is 9.76. The van der Waals surface area contributed by atoms with Crippen molar-refractivity contribution >= 4 is 32.7 Å². The summed E-state index contributed by atoms with van der Waals surface area (Å²) in [6.07, 6.45) is 9.13. The second kappa shape index (κ2) is 20.6. The van der Waals surface area contributed by atoms with E-state index < -0.39 is 0 Å². The number of hydrogen-bond donors (Lipinski definition) is 0. The van der Waals surface area contributed by atoms with Crippen molar-refractivity contribution in [3.05, 3.63) is 216 Å². The maximum atomic E-state index is 9.53. The van der Waals surface area contributed by atoms with Gasteiger partial charge in [-0.15, -0.1) is 71.8 Å². The molecule has 11 rings (SSSR count). The summed E-state index contributed by atoms with van der Waals surface area (Å²) in [5.41, 5.74) is 17.9. The molecule has 1 radical (unpaired) electrons. The van der Waals surface area contributed by atoms with Gasteiger partial charge in [0.25, 0.3) is 0 Å². The maximum absolute atomic E-state index is 9.53. The summed E-state index contributed by atoms with van der Waals surface area (Å²) in [7, 11) is 1.96. The van der Waals surface area contributed by atoms with Gasteiger partial charge in [-0.05, 0) is 121 Å². The van der Waals surface area contributed by atoms with Crippen molar-refractivity contribution in [1.29, 1.82) is 10.5 Å². The number of pyridine rings is 2. The molecule has 0 N–H and O–H groups in total. The third-order valence-electron chi connectivity index (χ3n) is 13.0. The van der Waals surface area contributed by atoms with E-state index in [1.807, 2.05) is 53.0 Å². The monoisotopic (exact) mass is 1110 g/mol. The van der Waals surface area contributed by atoms with Gasteiger partial charge in [0.05, 0.1) is 24.8 Å². The van der Waals surface area contributed by atoms with Gasteiger partial charge < -0.3 is 23.5 Å². The smallest absolute Gasteiger partial charge is 0.241 e. The molecule has 7 nitrogen and oxygen atoms in total. The molecule has 0 aliphatic heterocycles. The average Bonchev–Trinajstić information content (AvgIpc) is 4.01.